The number of amides is 1. The Kier molecular flexibility index (Phi) is 4.42. The number of carboxylic acids is 1. The summed E-state index contributed by atoms with van der Waals surface area (Å²) in [5.41, 5.74) is -0.244. The van der Waals surface area contributed by atoms with Gasteiger partial charge in [0, 0.05) is 12.5 Å². The molecule has 0 aliphatic heterocycles. The number of aryl methyl sites for hydroxylation is 1. The molecule has 0 saturated heterocycles. The summed E-state index contributed by atoms with van der Waals surface area (Å²) < 4.78 is 4.91. The Bertz CT molecular complexity index is 489. The summed E-state index contributed by atoms with van der Waals surface area (Å²) in [6.45, 7) is 2.05. The van der Waals surface area contributed by atoms with Crippen molar-refractivity contribution >= 4 is 11.9 Å². The summed E-state index contributed by atoms with van der Waals surface area (Å²) in [5, 5.41) is 15.9. The standard InChI is InChI=1S/C14H20N2O4/c1-10-7-11(16-20-10)9-15-12(17)8-14(13(18)19)5-3-2-4-6-14/h7H,2-6,8-9H2,1H3,(H,15,17)(H,18,19). The molecule has 0 unspecified atom stereocenters. The maximum absolute atomic E-state index is 12.0. The van der Waals surface area contributed by atoms with Crippen molar-refractivity contribution in [1.82, 2.24) is 10.5 Å². The molecule has 0 bridgehead atoms. The van der Waals surface area contributed by atoms with Crippen molar-refractivity contribution in [2.24, 2.45) is 5.41 Å². The van der Waals surface area contributed by atoms with E-state index < -0.39 is 11.4 Å². The molecule has 1 amide bonds. The second-order valence-corrected chi connectivity index (χ2v) is 5.53. The van der Waals surface area contributed by atoms with Crippen LogP contribution < -0.4 is 5.32 Å². The van der Waals surface area contributed by atoms with Crippen LogP contribution in [0, 0.1) is 12.3 Å². The van der Waals surface area contributed by atoms with Crippen LogP contribution in [0.3, 0.4) is 0 Å². The maximum atomic E-state index is 12.0. The molecule has 0 atom stereocenters. The summed E-state index contributed by atoms with van der Waals surface area (Å²) >= 11 is 0. The van der Waals surface area contributed by atoms with E-state index in [4.69, 9.17) is 4.52 Å². The molecule has 2 N–H and O–H groups in total. The number of carbonyl (C=O) groups is 2. The Balaban J connectivity index is 1.90. The van der Waals surface area contributed by atoms with Gasteiger partial charge in [0.25, 0.3) is 0 Å². The molecule has 110 valence electrons. The average Bonchev–Trinajstić information content (AvgIpc) is 2.83. The average molecular weight is 280 g/mol. The van der Waals surface area contributed by atoms with Crippen LogP contribution in [0.15, 0.2) is 10.6 Å². The van der Waals surface area contributed by atoms with E-state index in [1.807, 2.05) is 0 Å². The number of carboxylic acid groups (broad SMARTS) is 1. The van der Waals surface area contributed by atoms with Gasteiger partial charge in [0.1, 0.15) is 11.5 Å². The molecule has 0 spiro atoms. The molecule has 0 aromatic carbocycles. The van der Waals surface area contributed by atoms with E-state index in [1.54, 1.807) is 13.0 Å². The first kappa shape index (κ1) is 14.6. The number of rotatable bonds is 5. The van der Waals surface area contributed by atoms with Gasteiger partial charge in [-0.05, 0) is 19.8 Å². The second kappa shape index (κ2) is 6.07. The lowest BCUT2D eigenvalue weighted by atomic mass is 9.71. The zero-order chi connectivity index (χ0) is 14.6. The topological polar surface area (TPSA) is 92.4 Å². The van der Waals surface area contributed by atoms with Gasteiger partial charge in [-0.15, -0.1) is 0 Å². The molecule has 2 rings (SSSR count). The lowest BCUT2D eigenvalue weighted by molar-refractivity contribution is -0.154. The van der Waals surface area contributed by atoms with Gasteiger partial charge < -0.3 is 14.9 Å². The van der Waals surface area contributed by atoms with E-state index in [1.165, 1.54) is 0 Å². The van der Waals surface area contributed by atoms with Crippen molar-refractivity contribution in [2.75, 3.05) is 0 Å². The molecular formula is C14H20N2O4. The predicted octanol–water partition coefficient (Wildman–Crippen LogP) is 2.02. The number of nitrogens with zero attached hydrogens (tertiary/aromatic N) is 1. The van der Waals surface area contributed by atoms with Crippen molar-refractivity contribution in [3.63, 3.8) is 0 Å². The number of hydrogen-bond acceptors (Lipinski definition) is 4. The van der Waals surface area contributed by atoms with E-state index in [0.29, 0.717) is 24.3 Å². The fourth-order valence-electron chi connectivity index (χ4n) is 2.76. The first-order valence-electron chi connectivity index (χ1n) is 6.94. The Hall–Kier alpha value is -1.85. The third-order valence-corrected chi connectivity index (χ3v) is 3.91. The number of aliphatic carboxylic acids is 1. The van der Waals surface area contributed by atoms with Gasteiger partial charge in [0.05, 0.1) is 12.0 Å². The molecule has 1 aromatic rings. The number of hydrogen-bond donors (Lipinski definition) is 2. The molecule has 1 aliphatic carbocycles. The molecule has 1 heterocycles. The fourth-order valence-corrected chi connectivity index (χ4v) is 2.76. The van der Waals surface area contributed by atoms with Gasteiger partial charge in [-0.25, -0.2) is 0 Å². The monoisotopic (exact) mass is 280 g/mol. The molecule has 1 aliphatic rings. The van der Waals surface area contributed by atoms with Crippen LogP contribution in [0.4, 0.5) is 0 Å². The zero-order valence-corrected chi connectivity index (χ0v) is 11.6. The number of carbonyl (C=O) groups excluding carboxylic acids is 1. The van der Waals surface area contributed by atoms with E-state index in [-0.39, 0.29) is 18.9 Å². The largest absolute Gasteiger partial charge is 0.481 e. The van der Waals surface area contributed by atoms with Crippen LogP contribution in [0.25, 0.3) is 0 Å². The van der Waals surface area contributed by atoms with Gasteiger partial charge >= 0.3 is 5.97 Å². The number of aromatic nitrogens is 1. The molecule has 20 heavy (non-hydrogen) atoms. The van der Waals surface area contributed by atoms with E-state index in [9.17, 15) is 14.7 Å². The second-order valence-electron chi connectivity index (χ2n) is 5.53. The van der Waals surface area contributed by atoms with Crippen LogP contribution in [0.1, 0.15) is 50.0 Å². The van der Waals surface area contributed by atoms with Crippen LogP contribution in [-0.4, -0.2) is 22.1 Å². The van der Waals surface area contributed by atoms with Crippen LogP contribution in [0.2, 0.25) is 0 Å². The van der Waals surface area contributed by atoms with Crippen molar-refractivity contribution in [3.8, 4) is 0 Å². The summed E-state index contributed by atoms with van der Waals surface area (Å²) in [7, 11) is 0. The van der Waals surface area contributed by atoms with Crippen LogP contribution in [-0.2, 0) is 16.1 Å². The van der Waals surface area contributed by atoms with E-state index in [0.717, 1.165) is 19.3 Å². The molecule has 6 nitrogen and oxygen atoms in total. The van der Waals surface area contributed by atoms with Gasteiger partial charge in [0.15, 0.2) is 0 Å². The summed E-state index contributed by atoms with van der Waals surface area (Å²) in [6, 6.07) is 1.74. The lowest BCUT2D eigenvalue weighted by Gasteiger charge is -2.32. The van der Waals surface area contributed by atoms with Gasteiger partial charge in [-0.2, -0.15) is 0 Å². The quantitative estimate of drug-likeness (QED) is 0.860. The Morgan fingerprint density at radius 3 is 2.65 bits per heavy atom. The normalized spacial score (nSPS) is 17.6. The van der Waals surface area contributed by atoms with Crippen molar-refractivity contribution in [1.29, 1.82) is 0 Å². The smallest absolute Gasteiger partial charge is 0.310 e. The van der Waals surface area contributed by atoms with Crippen LogP contribution >= 0.6 is 0 Å². The fraction of sp³-hybridized carbons (Fsp3) is 0.643. The van der Waals surface area contributed by atoms with Gasteiger partial charge in [0.2, 0.25) is 5.91 Å². The molecule has 1 fully saturated rings. The Labute approximate surface area is 117 Å². The third kappa shape index (κ3) is 3.37. The minimum atomic E-state index is -0.887. The molecule has 0 radical (unpaired) electrons. The van der Waals surface area contributed by atoms with E-state index in [2.05, 4.69) is 10.5 Å². The summed E-state index contributed by atoms with van der Waals surface area (Å²) in [4.78, 5) is 23.5. The van der Waals surface area contributed by atoms with E-state index >= 15 is 0 Å². The minimum Gasteiger partial charge on any atom is -0.481 e. The highest BCUT2D eigenvalue weighted by atomic mass is 16.5. The molecule has 1 aromatic heterocycles. The molecular weight excluding hydrogens is 260 g/mol. The first-order chi connectivity index (χ1) is 9.52. The minimum absolute atomic E-state index is 0.0408. The SMILES string of the molecule is Cc1cc(CNC(=O)CC2(C(=O)O)CCCCC2)no1. The maximum Gasteiger partial charge on any atom is 0.310 e. The van der Waals surface area contributed by atoms with Crippen molar-refractivity contribution < 1.29 is 19.2 Å². The van der Waals surface area contributed by atoms with Crippen molar-refractivity contribution in [3.05, 3.63) is 17.5 Å². The number of nitrogens with one attached hydrogen (secondary N) is 1. The van der Waals surface area contributed by atoms with Crippen LogP contribution in [0.5, 0.6) is 0 Å². The highest BCUT2D eigenvalue weighted by molar-refractivity contribution is 5.85. The predicted molar refractivity (Wildman–Crippen MR) is 70.9 cm³/mol. The first-order valence-corrected chi connectivity index (χ1v) is 6.94. The summed E-state index contributed by atoms with van der Waals surface area (Å²) in [5.74, 6) is -0.414. The highest BCUT2D eigenvalue weighted by Crippen LogP contribution is 2.39. The zero-order valence-electron chi connectivity index (χ0n) is 11.6. The Morgan fingerprint density at radius 2 is 2.10 bits per heavy atom. The third-order valence-electron chi connectivity index (χ3n) is 3.91. The summed E-state index contributed by atoms with van der Waals surface area (Å²) in [6.07, 6.45) is 4.01. The molecule has 1 saturated carbocycles. The van der Waals surface area contributed by atoms with Gasteiger partial charge in [-0.1, -0.05) is 24.4 Å². The molecule has 6 heteroatoms. The Morgan fingerprint density at radius 1 is 1.40 bits per heavy atom. The van der Waals surface area contributed by atoms with Gasteiger partial charge in [-0.3, -0.25) is 9.59 Å². The highest BCUT2D eigenvalue weighted by Gasteiger charge is 2.41. The lowest BCUT2D eigenvalue weighted by Crippen LogP contribution is -2.39. The van der Waals surface area contributed by atoms with Crippen molar-refractivity contribution in [2.45, 2.75) is 52.0 Å².